The van der Waals surface area contributed by atoms with Gasteiger partial charge in [0.1, 0.15) is 5.82 Å². The van der Waals surface area contributed by atoms with Crippen LogP contribution < -0.4 is 20.2 Å². The number of carbonyl (C=O) groups is 1. The van der Waals surface area contributed by atoms with E-state index >= 15 is 0 Å². The minimum atomic E-state index is -0.807. The number of nitrogens with one attached hydrogen (secondary N) is 1. The molecule has 46 heavy (non-hydrogen) atoms. The number of hydrogen-bond donors (Lipinski definition) is 1. The number of thiazole rings is 1. The molecule has 0 aliphatic carbocycles. The van der Waals surface area contributed by atoms with E-state index in [0.29, 0.717) is 48.4 Å². The van der Waals surface area contributed by atoms with Gasteiger partial charge < -0.3 is 9.88 Å². The average Bonchev–Trinajstić information content (AvgIpc) is 3.55. The fraction of sp³-hybridized carbons (Fsp3) is 0.0833. The third kappa shape index (κ3) is 5.60. The summed E-state index contributed by atoms with van der Waals surface area (Å²) in [5.74, 6) is -0.800. The van der Waals surface area contributed by atoms with Gasteiger partial charge in [-0.25, -0.2) is 9.38 Å². The number of hydrogen-bond acceptors (Lipinski definition) is 4. The highest BCUT2D eigenvalue weighted by Crippen LogP contribution is 2.31. The van der Waals surface area contributed by atoms with Gasteiger partial charge in [0.15, 0.2) is 4.80 Å². The number of anilines is 1. The molecule has 0 fully saturated rings. The molecular weight excluding hydrogens is 642 g/mol. The van der Waals surface area contributed by atoms with Crippen molar-refractivity contribution in [3.8, 4) is 0 Å². The standard InChI is InChI=1S/C36H25Cl2FN4O2S/c1-21-32(34(44)41-26-7-3-2-4-8-26)33(23-12-14-25(39)15-13-23)43-35(45)31(46-36(43)40-21)18-24-20-42(30-10-6-5-9-27(24)30)19-22-11-16-28(37)29(38)17-22/h2-18,20,33H,19H2,1H3,(H,41,44)/b31-18+. The maximum Gasteiger partial charge on any atom is 0.271 e. The van der Waals surface area contributed by atoms with Gasteiger partial charge in [0, 0.05) is 34.9 Å². The highest BCUT2D eigenvalue weighted by molar-refractivity contribution is 7.07. The molecule has 6 aromatic rings. The number of allylic oxidation sites excluding steroid dienone is 1. The zero-order valence-electron chi connectivity index (χ0n) is 24.4. The molecular formula is C36H25Cl2FN4O2S. The molecule has 0 bridgehead atoms. The predicted molar refractivity (Wildman–Crippen MR) is 183 cm³/mol. The van der Waals surface area contributed by atoms with Crippen LogP contribution in [0.2, 0.25) is 10.0 Å². The molecule has 3 heterocycles. The maximum absolute atomic E-state index is 14.2. The summed E-state index contributed by atoms with van der Waals surface area (Å²) >= 11 is 13.7. The van der Waals surface area contributed by atoms with E-state index in [1.807, 2.05) is 66.9 Å². The molecule has 1 amide bonds. The second-order valence-electron chi connectivity index (χ2n) is 10.9. The zero-order valence-corrected chi connectivity index (χ0v) is 26.7. The molecule has 6 nitrogen and oxygen atoms in total. The lowest BCUT2D eigenvalue weighted by Gasteiger charge is -2.25. The Bertz CT molecular complexity index is 2360. The molecule has 1 atom stereocenters. The number of rotatable bonds is 6. The van der Waals surface area contributed by atoms with Crippen LogP contribution in [0.25, 0.3) is 17.0 Å². The number of nitrogens with zero attached hydrogens (tertiary/aromatic N) is 3. The van der Waals surface area contributed by atoms with Crippen molar-refractivity contribution >= 4 is 63.1 Å². The van der Waals surface area contributed by atoms with E-state index in [1.165, 1.54) is 28.0 Å². The van der Waals surface area contributed by atoms with Gasteiger partial charge in [-0.05, 0) is 66.6 Å². The van der Waals surface area contributed by atoms with Gasteiger partial charge in [-0.2, -0.15) is 0 Å². The van der Waals surface area contributed by atoms with Gasteiger partial charge in [-0.3, -0.25) is 14.2 Å². The summed E-state index contributed by atoms with van der Waals surface area (Å²) in [5, 5.41) is 4.89. The summed E-state index contributed by atoms with van der Waals surface area (Å²) in [6.07, 6.45) is 3.87. The number of aromatic nitrogens is 2. The Kier molecular flexibility index (Phi) is 7.94. The minimum Gasteiger partial charge on any atom is -0.342 e. The van der Waals surface area contributed by atoms with Gasteiger partial charge in [-0.15, -0.1) is 0 Å². The molecule has 10 heteroatoms. The van der Waals surface area contributed by atoms with Crippen molar-refractivity contribution < 1.29 is 9.18 Å². The molecule has 1 aliphatic heterocycles. The first-order valence-corrected chi connectivity index (χ1v) is 16.0. The van der Waals surface area contributed by atoms with Crippen molar-refractivity contribution in [1.82, 2.24) is 9.13 Å². The van der Waals surface area contributed by atoms with Crippen molar-refractivity contribution in [3.05, 3.63) is 167 Å². The summed E-state index contributed by atoms with van der Waals surface area (Å²) in [4.78, 5) is 33.2. The van der Waals surface area contributed by atoms with Gasteiger partial charge in [0.2, 0.25) is 0 Å². The molecule has 1 unspecified atom stereocenters. The van der Waals surface area contributed by atoms with Crippen LogP contribution in [0, 0.1) is 5.82 Å². The monoisotopic (exact) mass is 666 g/mol. The highest BCUT2D eigenvalue weighted by Gasteiger charge is 2.32. The van der Waals surface area contributed by atoms with Crippen LogP contribution in [0.1, 0.15) is 29.7 Å². The van der Waals surface area contributed by atoms with Crippen molar-refractivity contribution in [2.45, 2.75) is 19.5 Å². The first kappa shape index (κ1) is 29.9. The van der Waals surface area contributed by atoms with Crippen molar-refractivity contribution in [1.29, 1.82) is 0 Å². The lowest BCUT2D eigenvalue weighted by atomic mass is 9.95. The molecule has 0 spiro atoms. The third-order valence-corrected chi connectivity index (χ3v) is 9.65. The summed E-state index contributed by atoms with van der Waals surface area (Å²) in [6.45, 7) is 2.31. The van der Waals surface area contributed by atoms with E-state index in [0.717, 1.165) is 22.0 Å². The number of fused-ring (bicyclic) bond motifs is 2. The number of carbonyl (C=O) groups excluding carboxylic acids is 1. The number of amides is 1. The van der Waals surface area contributed by atoms with E-state index in [4.69, 9.17) is 28.2 Å². The van der Waals surface area contributed by atoms with E-state index in [1.54, 1.807) is 37.3 Å². The average molecular weight is 668 g/mol. The molecule has 0 radical (unpaired) electrons. The Hall–Kier alpha value is -4.76. The van der Waals surface area contributed by atoms with Crippen LogP contribution in [0.3, 0.4) is 0 Å². The highest BCUT2D eigenvalue weighted by atomic mass is 35.5. The Balaban J connectivity index is 1.35. The number of halogens is 3. The molecule has 0 saturated carbocycles. The normalized spacial score (nSPS) is 14.8. The van der Waals surface area contributed by atoms with Gasteiger partial charge in [0.25, 0.3) is 11.5 Å². The van der Waals surface area contributed by atoms with E-state index in [2.05, 4.69) is 9.88 Å². The summed E-state index contributed by atoms with van der Waals surface area (Å²) in [5.41, 5.74) is 4.54. The van der Waals surface area contributed by atoms with Crippen LogP contribution in [-0.2, 0) is 11.3 Å². The number of para-hydroxylation sites is 2. The Morgan fingerprint density at radius 3 is 2.48 bits per heavy atom. The van der Waals surface area contributed by atoms with Crippen molar-refractivity contribution in [3.63, 3.8) is 0 Å². The van der Waals surface area contributed by atoms with Crippen LogP contribution in [0.15, 0.2) is 124 Å². The second kappa shape index (κ2) is 12.2. The minimum absolute atomic E-state index is 0.295. The summed E-state index contributed by atoms with van der Waals surface area (Å²) in [7, 11) is 0. The van der Waals surface area contributed by atoms with Crippen LogP contribution in [0.4, 0.5) is 10.1 Å². The number of benzene rings is 4. The molecule has 228 valence electrons. The van der Waals surface area contributed by atoms with Crippen molar-refractivity contribution in [2.24, 2.45) is 4.99 Å². The summed E-state index contributed by atoms with van der Waals surface area (Å²) < 4.78 is 18.1. The maximum atomic E-state index is 14.2. The molecule has 1 aliphatic rings. The van der Waals surface area contributed by atoms with Gasteiger partial charge >= 0.3 is 0 Å². The summed E-state index contributed by atoms with van der Waals surface area (Å²) in [6, 6.07) is 27.7. The van der Waals surface area contributed by atoms with Crippen molar-refractivity contribution in [2.75, 3.05) is 5.32 Å². The second-order valence-corrected chi connectivity index (χ2v) is 12.8. The molecule has 0 saturated heterocycles. The SMILES string of the molecule is CC1=C(C(=O)Nc2ccccc2)C(c2ccc(F)cc2)n2c(s/c(=C/c3cn(Cc4ccc(Cl)c(Cl)c4)c4ccccc34)c2=O)=N1. The van der Waals surface area contributed by atoms with E-state index in [9.17, 15) is 14.0 Å². The molecule has 1 N–H and O–H groups in total. The Morgan fingerprint density at radius 1 is 0.978 bits per heavy atom. The van der Waals surface area contributed by atoms with E-state index < -0.39 is 11.9 Å². The first-order valence-electron chi connectivity index (χ1n) is 14.4. The van der Waals surface area contributed by atoms with Crippen LogP contribution >= 0.6 is 34.5 Å². The fourth-order valence-corrected chi connectivity index (χ4v) is 7.15. The van der Waals surface area contributed by atoms with E-state index in [-0.39, 0.29) is 11.5 Å². The lowest BCUT2D eigenvalue weighted by molar-refractivity contribution is -0.113. The van der Waals surface area contributed by atoms with Crippen LogP contribution in [-0.4, -0.2) is 15.0 Å². The predicted octanol–water partition coefficient (Wildman–Crippen LogP) is 7.32. The Morgan fingerprint density at radius 2 is 1.72 bits per heavy atom. The zero-order chi connectivity index (χ0) is 31.9. The topological polar surface area (TPSA) is 68.4 Å². The molecule has 7 rings (SSSR count). The molecule has 4 aromatic carbocycles. The van der Waals surface area contributed by atoms with Crippen LogP contribution in [0.5, 0.6) is 0 Å². The Labute approximate surface area is 277 Å². The molecule has 2 aromatic heterocycles. The third-order valence-electron chi connectivity index (χ3n) is 7.93. The van der Waals surface area contributed by atoms with Gasteiger partial charge in [-0.1, -0.05) is 89.1 Å². The smallest absolute Gasteiger partial charge is 0.271 e. The van der Waals surface area contributed by atoms with Gasteiger partial charge in [0.05, 0.1) is 31.9 Å². The fourth-order valence-electron chi connectivity index (χ4n) is 5.79. The first-order chi connectivity index (χ1) is 22.3. The largest absolute Gasteiger partial charge is 0.342 e. The lowest BCUT2D eigenvalue weighted by Crippen LogP contribution is -2.40. The quantitative estimate of drug-likeness (QED) is 0.202.